The highest BCUT2D eigenvalue weighted by Crippen LogP contribution is 2.30. The Balaban J connectivity index is 1.62. The van der Waals surface area contributed by atoms with E-state index in [1.54, 1.807) is 0 Å². The van der Waals surface area contributed by atoms with E-state index in [1.807, 2.05) is 11.0 Å². The minimum Gasteiger partial charge on any atom is -0.367 e. The van der Waals surface area contributed by atoms with Gasteiger partial charge in [0.1, 0.15) is 6.33 Å². The molecule has 0 aliphatic rings. The van der Waals surface area contributed by atoms with Crippen LogP contribution in [0, 0.1) is 5.92 Å². The van der Waals surface area contributed by atoms with Crippen LogP contribution in [0.4, 0.5) is 5.69 Å². The molecule has 3 rings (SSSR count). The number of benzene rings is 2. The molecule has 3 aromatic rings. The molecule has 2 atom stereocenters. The first-order valence-corrected chi connectivity index (χ1v) is 11.8. The van der Waals surface area contributed by atoms with Gasteiger partial charge in [-0.1, -0.05) is 55.5 Å². The number of anilines is 1. The van der Waals surface area contributed by atoms with Crippen LogP contribution in [0.3, 0.4) is 0 Å². The number of hydrogen-bond acceptors (Lipinski definition) is 4. The molecule has 2 aromatic carbocycles. The van der Waals surface area contributed by atoms with Gasteiger partial charge in [0.25, 0.3) is 0 Å². The van der Waals surface area contributed by atoms with Gasteiger partial charge >= 0.3 is 0 Å². The molecule has 5 nitrogen and oxygen atoms in total. The third-order valence-electron chi connectivity index (χ3n) is 6.17. The largest absolute Gasteiger partial charge is 0.367 e. The summed E-state index contributed by atoms with van der Waals surface area (Å²) >= 11 is 0. The fraction of sp³-hybridized carbons (Fsp3) is 0.481. The second-order valence-electron chi connectivity index (χ2n) is 9.34. The van der Waals surface area contributed by atoms with E-state index < -0.39 is 0 Å². The predicted molar refractivity (Wildman–Crippen MR) is 134 cm³/mol. The molecule has 0 aliphatic heterocycles. The molecule has 0 radical (unpaired) electrons. The molecular formula is C27H39N5. The van der Waals surface area contributed by atoms with Gasteiger partial charge in [-0.3, -0.25) is 4.68 Å². The van der Waals surface area contributed by atoms with Gasteiger partial charge < -0.3 is 9.80 Å². The van der Waals surface area contributed by atoms with Crippen molar-refractivity contribution in [3.63, 3.8) is 0 Å². The highest BCUT2D eigenvalue weighted by molar-refractivity contribution is 5.46. The Morgan fingerprint density at radius 1 is 0.875 bits per heavy atom. The van der Waals surface area contributed by atoms with Gasteiger partial charge in [0.15, 0.2) is 5.82 Å². The molecule has 32 heavy (non-hydrogen) atoms. The lowest BCUT2D eigenvalue weighted by atomic mass is 9.82. The SMILES string of the molecule is CC(Cc1ncn(CCN(c2ccccc2)C(C)C)n1)C(CCN(C)C)c1ccccc1. The van der Waals surface area contributed by atoms with Crippen molar-refractivity contribution in [3.05, 3.63) is 78.4 Å². The second-order valence-corrected chi connectivity index (χ2v) is 9.34. The summed E-state index contributed by atoms with van der Waals surface area (Å²) in [5.74, 6) is 1.92. The number of rotatable bonds is 12. The molecule has 0 spiro atoms. The van der Waals surface area contributed by atoms with Gasteiger partial charge in [-0.25, -0.2) is 4.98 Å². The Bertz CT molecular complexity index is 904. The van der Waals surface area contributed by atoms with Crippen molar-refractivity contribution < 1.29 is 0 Å². The van der Waals surface area contributed by atoms with Crippen molar-refractivity contribution in [1.29, 1.82) is 0 Å². The van der Waals surface area contributed by atoms with Gasteiger partial charge in [0.2, 0.25) is 0 Å². The Hall–Kier alpha value is -2.66. The molecule has 0 amide bonds. The summed E-state index contributed by atoms with van der Waals surface area (Å²) in [6.45, 7) is 9.63. The standard InChI is InChI=1S/C27H39N5/c1-22(2)32(25-14-10-7-11-15-25)19-18-31-21-28-27(29-31)20-23(3)26(16-17-30(4)5)24-12-8-6-9-13-24/h6-15,21-23,26H,16-20H2,1-5H3. The minimum absolute atomic E-state index is 0.434. The first-order valence-electron chi connectivity index (χ1n) is 11.8. The average Bonchev–Trinajstić information content (AvgIpc) is 3.22. The lowest BCUT2D eigenvalue weighted by Crippen LogP contribution is -2.33. The smallest absolute Gasteiger partial charge is 0.150 e. The van der Waals surface area contributed by atoms with Crippen LogP contribution >= 0.6 is 0 Å². The maximum absolute atomic E-state index is 4.81. The van der Waals surface area contributed by atoms with Crippen LogP contribution in [0.15, 0.2) is 67.0 Å². The van der Waals surface area contributed by atoms with Crippen molar-refractivity contribution in [2.45, 2.75) is 52.1 Å². The fourth-order valence-electron chi connectivity index (χ4n) is 4.36. The lowest BCUT2D eigenvalue weighted by molar-refractivity contribution is 0.339. The summed E-state index contributed by atoms with van der Waals surface area (Å²) in [6.07, 6.45) is 3.93. The summed E-state index contributed by atoms with van der Waals surface area (Å²) < 4.78 is 2.00. The Morgan fingerprint density at radius 2 is 1.53 bits per heavy atom. The topological polar surface area (TPSA) is 37.2 Å². The quantitative estimate of drug-likeness (QED) is 0.398. The van der Waals surface area contributed by atoms with E-state index in [9.17, 15) is 0 Å². The predicted octanol–water partition coefficient (Wildman–Crippen LogP) is 5.11. The second kappa shape index (κ2) is 11.8. The first-order chi connectivity index (χ1) is 15.4. The zero-order valence-corrected chi connectivity index (χ0v) is 20.4. The highest BCUT2D eigenvalue weighted by atomic mass is 15.3. The molecule has 2 unspecified atom stereocenters. The molecule has 1 aromatic heterocycles. The average molecular weight is 434 g/mol. The summed E-state index contributed by atoms with van der Waals surface area (Å²) in [6, 6.07) is 21.9. The molecule has 5 heteroatoms. The number of nitrogens with zero attached hydrogens (tertiary/aromatic N) is 5. The molecule has 0 bridgehead atoms. The third-order valence-corrected chi connectivity index (χ3v) is 6.17. The van der Waals surface area contributed by atoms with Gasteiger partial charge in [0.05, 0.1) is 6.54 Å². The highest BCUT2D eigenvalue weighted by Gasteiger charge is 2.21. The van der Waals surface area contributed by atoms with Crippen molar-refractivity contribution in [2.75, 3.05) is 32.1 Å². The Labute approximate surface area is 194 Å². The normalized spacial score (nSPS) is 13.5. The van der Waals surface area contributed by atoms with Crippen molar-refractivity contribution in [2.24, 2.45) is 5.92 Å². The van der Waals surface area contributed by atoms with E-state index >= 15 is 0 Å². The molecule has 1 heterocycles. The van der Waals surface area contributed by atoms with Crippen LogP contribution in [0.25, 0.3) is 0 Å². The zero-order chi connectivity index (χ0) is 22.9. The summed E-state index contributed by atoms with van der Waals surface area (Å²) in [4.78, 5) is 9.33. The maximum Gasteiger partial charge on any atom is 0.150 e. The van der Waals surface area contributed by atoms with Crippen LogP contribution in [-0.2, 0) is 13.0 Å². The first kappa shape index (κ1) is 24.0. The number of aromatic nitrogens is 3. The lowest BCUT2D eigenvalue weighted by Gasteiger charge is -2.28. The third kappa shape index (κ3) is 6.92. The van der Waals surface area contributed by atoms with Crippen LogP contribution in [-0.4, -0.2) is 52.9 Å². The van der Waals surface area contributed by atoms with Crippen LogP contribution < -0.4 is 4.90 Å². The van der Waals surface area contributed by atoms with Crippen LogP contribution in [0.2, 0.25) is 0 Å². The zero-order valence-electron chi connectivity index (χ0n) is 20.4. The fourth-order valence-corrected chi connectivity index (χ4v) is 4.36. The molecule has 0 N–H and O–H groups in total. The maximum atomic E-state index is 4.81. The number of hydrogen-bond donors (Lipinski definition) is 0. The minimum atomic E-state index is 0.434. The van der Waals surface area contributed by atoms with Gasteiger partial charge in [-0.05, 0) is 70.4 Å². The van der Waals surface area contributed by atoms with E-state index in [0.29, 0.717) is 17.9 Å². The Morgan fingerprint density at radius 3 is 2.16 bits per heavy atom. The van der Waals surface area contributed by atoms with Gasteiger partial charge in [-0.2, -0.15) is 5.10 Å². The molecule has 172 valence electrons. The Kier molecular flexibility index (Phi) is 8.86. The van der Waals surface area contributed by atoms with Crippen molar-refractivity contribution >= 4 is 5.69 Å². The van der Waals surface area contributed by atoms with Gasteiger partial charge in [0, 0.05) is 24.7 Å². The van der Waals surface area contributed by atoms with E-state index in [1.165, 1.54) is 11.3 Å². The van der Waals surface area contributed by atoms with Crippen molar-refractivity contribution in [1.82, 2.24) is 19.7 Å². The molecule has 0 saturated carbocycles. The van der Waals surface area contributed by atoms with Crippen LogP contribution in [0.5, 0.6) is 0 Å². The summed E-state index contributed by atoms with van der Waals surface area (Å²) in [5, 5.41) is 4.81. The van der Waals surface area contributed by atoms with E-state index in [-0.39, 0.29) is 0 Å². The van der Waals surface area contributed by atoms with Crippen LogP contribution in [0.1, 0.15) is 44.5 Å². The van der Waals surface area contributed by atoms with E-state index in [2.05, 4.69) is 110 Å². The van der Waals surface area contributed by atoms with Gasteiger partial charge in [-0.15, -0.1) is 0 Å². The molecule has 0 aliphatic carbocycles. The molecular weight excluding hydrogens is 394 g/mol. The van der Waals surface area contributed by atoms with E-state index in [4.69, 9.17) is 5.10 Å². The monoisotopic (exact) mass is 433 g/mol. The molecule has 0 saturated heterocycles. The van der Waals surface area contributed by atoms with E-state index in [0.717, 1.165) is 38.3 Å². The summed E-state index contributed by atoms with van der Waals surface area (Å²) in [5.41, 5.74) is 2.67. The number of para-hydroxylation sites is 1. The summed E-state index contributed by atoms with van der Waals surface area (Å²) in [7, 11) is 4.29. The van der Waals surface area contributed by atoms with Crippen molar-refractivity contribution in [3.8, 4) is 0 Å². The molecule has 0 fully saturated rings.